The number of benzene rings is 1. The van der Waals surface area contributed by atoms with Crippen molar-refractivity contribution in [3.63, 3.8) is 0 Å². The minimum Gasteiger partial charge on any atom is -0.506 e. The van der Waals surface area contributed by atoms with Crippen LogP contribution in [0.4, 0.5) is 5.69 Å². The van der Waals surface area contributed by atoms with Crippen molar-refractivity contribution >= 4 is 23.2 Å². The number of halogens is 1. The van der Waals surface area contributed by atoms with E-state index in [1.165, 1.54) is 6.07 Å². The van der Waals surface area contributed by atoms with Crippen LogP contribution < -0.4 is 5.32 Å². The summed E-state index contributed by atoms with van der Waals surface area (Å²) in [5.41, 5.74) is 0.559. The normalized spacial score (nSPS) is 16.8. The van der Waals surface area contributed by atoms with E-state index in [1.54, 1.807) is 12.1 Å². The fourth-order valence-corrected chi connectivity index (χ4v) is 1.91. The van der Waals surface area contributed by atoms with Gasteiger partial charge in [-0.3, -0.25) is 4.79 Å². The van der Waals surface area contributed by atoms with Gasteiger partial charge in [0, 0.05) is 30.9 Å². The van der Waals surface area contributed by atoms with Crippen molar-refractivity contribution in [2.45, 2.75) is 12.8 Å². The van der Waals surface area contributed by atoms with Gasteiger partial charge in [0.1, 0.15) is 5.75 Å². The zero-order valence-electron chi connectivity index (χ0n) is 9.28. The fourth-order valence-electron chi connectivity index (χ4n) is 1.79. The van der Waals surface area contributed by atoms with Crippen LogP contribution in [0, 0.1) is 5.92 Å². The highest BCUT2D eigenvalue weighted by molar-refractivity contribution is 6.32. The molecule has 1 aliphatic heterocycles. The second kappa shape index (κ2) is 5.38. The lowest BCUT2D eigenvalue weighted by molar-refractivity contribution is -0.122. The molecule has 1 fully saturated rings. The maximum absolute atomic E-state index is 11.9. The minimum atomic E-state index is -0.0324. The molecule has 4 nitrogen and oxygen atoms in total. The molecule has 1 heterocycles. The molecule has 2 rings (SSSR count). The van der Waals surface area contributed by atoms with Crippen LogP contribution in [0.1, 0.15) is 12.8 Å². The van der Waals surface area contributed by atoms with E-state index in [2.05, 4.69) is 5.32 Å². The van der Waals surface area contributed by atoms with E-state index >= 15 is 0 Å². The summed E-state index contributed by atoms with van der Waals surface area (Å²) >= 11 is 5.69. The lowest BCUT2D eigenvalue weighted by Gasteiger charge is -2.21. The monoisotopic (exact) mass is 255 g/mol. The Balaban J connectivity index is 1.99. The number of rotatable bonds is 2. The molecule has 1 amide bonds. The molecule has 2 N–H and O–H groups in total. The van der Waals surface area contributed by atoms with Crippen LogP contribution >= 0.6 is 11.6 Å². The molecular weight excluding hydrogens is 242 g/mol. The molecule has 1 aromatic rings. The first kappa shape index (κ1) is 12.2. The molecule has 1 aliphatic rings. The van der Waals surface area contributed by atoms with Crippen molar-refractivity contribution < 1.29 is 14.6 Å². The van der Waals surface area contributed by atoms with Crippen LogP contribution in [0.2, 0.25) is 5.02 Å². The fraction of sp³-hybridized carbons (Fsp3) is 0.417. The predicted octanol–water partition coefficient (Wildman–Crippen LogP) is 2.41. The van der Waals surface area contributed by atoms with Gasteiger partial charge in [0.25, 0.3) is 0 Å². The number of nitrogens with one attached hydrogen (secondary N) is 1. The molecule has 0 aliphatic carbocycles. The van der Waals surface area contributed by atoms with Crippen LogP contribution in [0.25, 0.3) is 0 Å². The lowest BCUT2D eigenvalue weighted by Crippen LogP contribution is -2.28. The molecule has 1 aromatic carbocycles. The summed E-state index contributed by atoms with van der Waals surface area (Å²) in [6.45, 7) is 1.26. The van der Waals surface area contributed by atoms with Crippen LogP contribution in [0.15, 0.2) is 18.2 Å². The molecule has 0 radical (unpaired) electrons. The average molecular weight is 256 g/mol. The quantitative estimate of drug-likeness (QED) is 0.853. The Kier molecular flexibility index (Phi) is 3.86. The maximum Gasteiger partial charge on any atom is 0.227 e. The third-order valence-corrected chi connectivity index (χ3v) is 3.13. The first-order valence-electron chi connectivity index (χ1n) is 5.54. The third-order valence-electron chi connectivity index (χ3n) is 2.81. The molecule has 0 spiro atoms. The van der Waals surface area contributed by atoms with Crippen molar-refractivity contribution in [1.29, 1.82) is 0 Å². The van der Waals surface area contributed by atoms with E-state index in [0.29, 0.717) is 18.9 Å². The van der Waals surface area contributed by atoms with Gasteiger partial charge in [0.05, 0.1) is 5.02 Å². The number of hydrogen-bond donors (Lipinski definition) is 2. The summed E-state index contributed by atoms with van der Waals surface area (Å²) in [5.74, 6) is -0.0759. The van der Waals surface area contributed by atoms with E-state index in [9.17, 15) is 9.90 Å². The van der Waals surface area contributed by atoms with E-state index in [1.807, 2.05) is 0 Å². The smallest absolute Gasteiger partial charge is 0.227 e. The Labute approximate surface area is 105 Å². The number of amides is 1. The molecule has 0 atom stereocenters. The van der Waals surface area contributed by atoms with E-state index in [-0.39, 0.29) is 22.6 Å². The Morgan fingerprint density at radius 1 is 1.41 bits per heavy atom. The number of carbonyl (C=O) groups excluding carboxylic acids is 1. The van der Waals surface area contributed by atoms with Gasteiger partial charge < -0.3 is 15.2 Å². The number of anilines is 1. The molecule has 0 aromatic heterocycles. The molecule has 92 valence electrons. The molecule has 1 saturated heterocycles. The Morgan fingerprint density at radius 2 is 2.12 bits per heavy atom. The largest absolute Gasteiger partial charge is 0.506 e. The van der Waals surface area contributed by atoms with Gasteiger partial charge in [0.15, 0.2) is 0 Å². The maximum atomic E-state index is 11.9. The Hall–Kier alpha value is -1.26. The van der Waals surface area contributed by atoms with Gasteiger partial charge in [-0.1, -0.05) is 11.6 Å². The summed E-state index contributed by atoms with van der Waals surface area (Å²) < 4.78 is 5.20. The van der Waals surface area contributed by atoms with Gasteiger partial charge >= 0.3 is 0 Å². The highest BCUT2D eigenvalue weighted by Crippen LogP contribution is 2.27. The third kappa shape index (κ3) is 3.11. The van der Waals surface area contributed by atoms with Gasteiger partial charge in [-0.2, -0.15) is 0 Å². The van der Waals surface area contributed by atoms with Gasteiger partial charge in [0.2, 0.25) is 5.91 Å². The number of phenols is 1. The Morgan fingerprint density at radius 3 is 2.76 bits per heavy atom. The average Bonchev–Trinajstić information content (AvgIpc) is 2.35. The van der Waals surface area contributed by atoms with Crippen LogP contribution in [-0.4, -0.2) is 24.2 Å². The van der Waals surface area contributed by atoms with Crippen molar-refractivity contribution in [2.24, 2.45) is 5.92 Å². The molecular formula is C12H14ClNO3. The van der Waals surface area contributed by atoms with Crippen LogP contribution in [-0.2, 0) is 9.53 Å². The molecule has 0 unspecified atom stereocenters. The molecule has 0 bridgehead atoms. The summed E-state index contributed by atoms with van der Waals surface area (Å²) in [6, 6.07) is 4.66. The number of ether oxygens (including phenoxy) is 1. The first-order valence-corrected chi connectivity index (χ1v) is 5.92. The summed E-state index contributed by atoms with van der Waals surface area (Å²) in [7, 11) is 0. The number of carbonyl (C=O) groups is 1. The van der Waals surface area contributed by atoms with Crippen LogP contribution in [0.5, 0.6) is 5.75 Å². The molecule has 5 heteroatoms. The van der Waals surface area contributed by atoms with Crippen molar-refractivity contribution in [1.82, 2.24) is 0 Å². The number of hydrogen-bond acceptors (Lipinski definition) is 3. The topological polar surface area (TPSA) is 58.6 Å². The zero-order chi connectivity index (χ0) is 12.3. The van der Waals surface area contributed by atoms with E-state index < -0.39 is 0 Å². The SMILES string of the molecule is O=C(Nc1ccc(Cl)c(O)c1)C1CCOCC1. The second-order valence-corrected chi connectivity index (χ2v) is 4.45. The first-order chi connectivity index (χ1) is 8.16. The predicted molar refractivity (Wildman–Crippen MR) is 65.3 cm³/mol. The lowest BCUT2D eigenvalue weighted by atomic mass is 9.99. The molecule has 0 saturated carbocycles. The second-order valence-electron chi connectivity index (χ2n) is 4.04. The van der Waals surface area contributed by atoms with Crippen LogP contribution in [0.3, 0.4) is 0 Å². The minimum absolute atomic E-state index is 0.0124. The zero-order valence-corrected chi connectivity index (χ0v) is 10.0. The van der Waals surface area contributed by atoms with Crippen molar-refractivity contribution in [3.05, 3.63) is 23.2 Å². The van der Waals surface area contributed by atoms with Gasteiger partial charge in [-0.25, -0.2) is 0 Å². The highest BCUT2D eigenvalue weighted by atomic mass is 35.5. The Bertz CT molecular complexity index is 416. The summed E-state index contributed by atoms with van der Waals surface area (Å²) in [6.07, 6.45) is 1.48. The van der Waals surface area contributed by atoms with E-state index in [4.69, 9.17) is 16.3 Å². The van der Waals surface area contributed by atoms with Gasteiger partial charge in [-0.15, -0.1) is 0 Å². The highest BCUT2D eigenvalue weighted by Gasteiger charge is 2.21. The number of aromatic hydroxyl groups is 1. The van der Waals surface area contributed by atoms with Gasteiger partial charge in [-0.05, 0) is 25.0 Å². The molecule has 17 heavy (non-hydrogen) atoms. The number of phenolic OH excluding ortho intramolecular Hbond substituents is 1. The summed E-state index contributed by atoms with van der Waals surface area (Å²) in [4.78, 5) is 11.9. The standard InChI is InChI=1S/C12H14ClNO3/c13-10-2-1-9(7-11(10)15)14-12(16)8-3-5-17-6-4-8/h1-2,7-8,15H,3-6H2,(H,14,16). The summed E-state index contributed by atoms with van der Waals surface area (Å²) in [5, 5.41) is 12.5. The van der Waals surface area contributed by atoms with Crippen molar-refractivity contribution in [3.8, 4) is 5.75 Å². The van der Waals surface area contributed by atoms with E-state index in [0.717, 1.165) is 12.8 Å². The van der Waals surface area contributed by atoms with Crippen molar-refractivity contribution in [2.75, 3.05) is 18.5 Å².